The first-order valence-corrected chi connectivity index (χ1v) is 6.99. The fourth-order valence-corrected chi connectivity index (χ4v) is 2.58. The van der Waals surface area contributed by atoms with Gasteiger partial charge in [0, 0.05) is 10.7 Å². The fourth-order valence-electron chi connectivity index (χ4n) is 1.42. The minimum Gasteiger partial charge on any atom is -0.324 e. The smallest absolute Gasteiger partial charge is 0.141 e. The van der Waals surface area contributed by atoms with E-state index in [0.717, 1.165) is 15.9 Å². The van der Waals surface area contributed by atoms with Crippen molar-refractivity contribution < 1.29 is 4.39 Å². The van der Waals surface area contributed by atoms with Crippen LogP contribution in [0, 0.1) is 19.7 Å². The molecule has 0 aliphatic carbocycles. The number of anilines is 1. The number of hydrogen-bond acceptors (Lipinski definition) is 3. The molecule has 1 N–H and O–H groups in total. The molecule has 2 nitrogen and oxygen atoms in total. The van der Waals surface area contributed by atoms with Crippen LogP contribution >= 0.6 is 27.9 Å². The summed E-state index contributed by atoms with van der Waals surface area (Å²) < 4.78 is 17.8. The van der Waals surface area contributed by atoms with Gasteiger partial charge in [0.15, 0.2) is 0 Å². The number of hydrogen-bond donors (Lipinski definition) is 1. The summed E-state index contributed by atoms with van der Waals surface area (Å²) in [6.45, 7) is 3.66. The van der Waals surface area contributed by atoms with Crippen LogP contribution in [0.1, 0.15) is 11.3 Å². The summed E-state index contributed by atoms with van der Waals surface area (Å²) in [4.78, 5) is 4.79. The Morgan fingerprint density at radius 2 is 2.11 bits per heavy atom. The molecule has 1 aromatic heterocycles. The third kappa shape index (κ3) is 3.03. The van der Waals surface area contributed by atoms with E-state index in [-0.39, 0.29) is 5.82 Å². The Bertz CT molecular complexity index is 573. The zero-order chi connectivity index (χ0) is 13.1. The highest BCUT2D eigenvalue weighted by Gasteiger charge is 2.07. The van der Waals surface area contributed by atoms with E-state index in [1.54, 1.807) is 25.3 Å². The average molecular weight is 327 g/mol. The maximum Gasteiger partial charge on any atom is 0.141 e. The summed E-state index contributed by atoms with van der Waals surface area (Å²) in [6, 6.07) is 7.27. The zero-order valence-corrected chi connectivity index (χ0v) is 12.4. The predicted molar refractivity (Wildman–Crippen MR) is 77.3 cm³/mol. The first-order valence-electron chi connectivity index (χ1n) is 5.38. The van der Waals surface area contributed by atoms with Gasteiger partial charge < -0.3 is 4.72 Å². The van der Waals surface area contributed by atoms with Crippen LogP contribution in [-0.4, -0.2) is 4.98 Å². The van der Waals surface area contributed by atoms with Crippen LogP contribution in [0.3, 0.4) is 0 Å². The Hall–Kier alpha value is -1.07. The Morgan fingerprint density at radius 3 is 2.89 bits per heavy atom. The second-order valence-electron chi connectivity index (χ2n) is 3.88. The maximum atomic E-state index is 13.8. The molecular formula is C13H12BrFN2S. The number of rotatable bonds is 3. The fraction of sp³-hybridized carbons (Fsp3) is 0.154. The Kier molecular flexibility index (Phi) is 4.24. The topological polar surface area (TPSA) is 24.9 Å². The van der Waals surface area contributed by atoms with Gasteiger partial charge in [0.2, 0.25) is 0 Å². The van der Waals surface area contributed by atoms with E-state index in [1.165, 1.54) is 11.9 Å². The van der Waals surface area contributed by atoms with Gasteiger partial charge in [-0.05, 0) is 59.4 Å². The van der Waals surface area contributed by atoms with Crippen LogP contribution in [0.5, 0.6) is 0 Å². The number of aryl methyl sites for hydroxylation is 2. The number of nitrogens with zero attached hydrogens (tertiary/aromatic N) is 1. The summed E-state index contributed by atoms with van der Waals surface area (Å²) in [6.07, 6.45) is 1.73. The molecule has 5 heteroatoms. The second-order valence-corrected chi connectivity index (χ2v) is 5.64. The van der Waals surface area contributed by atoms with Crippen LogP contribution < -0.4 is 4.72 Å². The second kappa shape index (κ2) is 5.71. The molecule has 0 saturated heterocycles. The predicted octanol–water partition coefficient (Wildman–Crippen LogP) is 4.72. The molecule has 0 aliphatic rings. The van der Waals surface area contributed by atoms with Crippen molar-refractivity contribution in [2.45, 2.75) is 18.7 Å². The summed E-state index contributed by atoms with van der Waals surface area (Å²) in [7, 11) is 0. The van der Waals surface area contributed by atoms with Gasteiger partial charge in [0.25, 0.3) is 0 Å². The minimum absolute atomic E-state index is 0.185. The van der Waals surface area contributed by atoms with E-state index in [0.29, 0.717) is 10.5 Å². The average Bonchev–Trinajstić information content (AvgIpc) is 2.35. The van der Waals surface area contributed by atoms with Crippen molar-refractivity contribution in [2.24, 2.45) is 0 Å². The van der Waals surface area contributed by atoms with Crippen molar-refractivity contribution in [3.8, 4) is 0 Å². The van der Waals surface area contributed by atoms with E-state index >= 15 is 0 Å². The Morgan fingerprint density at radius 1 is 1.33 bits per heavy atom. The highest BCUT2D eigenvalue weighted by Crippen LogP contribution is 2.27. The lowest BCUT2D eigenvalue weighted by molar-refractivity contribution is 0.593. The zero-order valence-electron chi connectivity index (χ0n) is 10.00. The quantitative estimate of drug-likeness (QED) is 0.826. The summed E-state index contributed by atoms with van der Waals surface area (Å²) >= 11 is 4.61. The molecule has 0 atom stereocenters. The van der Waals surface area contributed by atoms with Crippen LogP contribution in [-0.2, 0) is 0 Å². The third-order valence-corrected chi connectivity index (χ3v) is 3.77. The largest absolute Gasteiger partial charge is 0.324 e. The highest BCUT2D eigenvalue weighted by atomic mass is 79.9. The normalized spacial score (nSPS) is 10.4. The molecule has 1 heterocycles. The van der Waals surface area contributed by atoms with Crippen molar-refractivity contribution in [3.05, 3.63) is 52.0 Å². The lowest BCUT2D eigenvalue weighted by Gasteiger charge is -2.09. The Labute approximate surface area is 118 Å². The molecule has 0 spiro atoms. The Balaban J connectivity index is 2.16. The van der Waals surface area contributed by atoms with Gasteiger partial charge >= 0.3 is 0 Å². The molecule has 18 heavy (non-hydrogen) atoms. The number of halogens is 2. The van der Waals surface area contributed by atoms with Crippen LogP contribution in [0.15, 0.2) is 39.8 Å². The van der Waals surface area contributed by atoms with Gasteiger partial charge in [-0.1, -0.05) is 12.1 Å². The number of pyridine rings is 1. The molecule has 0 saturated carbocycles. The lowest BCUT2D eigenvalue weighted by atomic mass is 10.2. The van der Waals surface area contributed by atoms with Gasteiger partial charge in [0.1, 0.15) is 5.82 Å². The van der Waals surface area contributed by atoms with E-state index in [4.69, 9.17) is 0 Å². The lowest BCUT2D eigenvalue weighted by Crippen LogP contribution is -1.94. The van der Waals surface area contributed by atoms with Gasteiger partial charge in [-0.3, -0.25) is 4.98 Å². The maximum absolute atomic E-state index is 13.8. The molecule has 0 bridgehead atoms. The first kappa shape index (κ1) is 13.4. The summed E-state index contributed by atoms with van der Waals surface area (Å²) in [5.41, 5.74) is 2.39. The van der Waals surface area contributed by atoms with Gasteiger partial charge in [-0.15, -0.1) is 0 Å². The molecule has 0 fully saturated rings. The molecule has 0 amide bonds. The molecular weight excluding hydrogens is 315 g/mol. The van der Waals surface area contributed by atoms with E-state index < -0.39 is 0 Å². The van der Waals surface area contributed by atoms with E-state index in [1.807, 2.05) is 19.1 Å². The minimum atomic E-state index is -0.185. The van der Waals surface area contributed by atoms with E-state index in [9.17, 15) is 4.39 Å². The summed E-state index contributed by atoms with van der Waals surface area (Å²) in [5, 5.41) is 0. The van der Waals surface area contributed by atoms with Crippen molar-refractivity contribution in [2.75, 3.05) is 4.72 Å². The van der Waals surface area contributed by atoms with Crippen molar-refractivity contribution in [1.82, 2.24) is 4.98 Å². The van der Waals surface area contributed by atoms with Crippen molar-refractivity contribution in [3.63, 3.8) is 0 Å². The monoisotopic (exact) mass is 326 g/mol. The molecule has 0 unspecified atom stereocenters. The van der Waals surface area contributed by atoms with Crippen LogP contribution in [0.4, 0.5) is 10.1 Å². The van der Waals surface area contributed by atoms with Gasteiger partial charge in [-0.2, -0.15) is 0 Å². The molecule has 94 valence electrons. The number of benzene rings is 1. The summed E-state index contributed by atoms with van der Waals surface area (Å²) in [5.74, 6) is -0.185. The van der Waals surface area contributed by atoms with Crippen LogP contribution in [0.25, 0.3) is 0 Å². The molecule has 2 rings (SSSR count). The van der Waals surface area contributed by atoms with Crippen molar-refractivity contribution in [1.29, 1.82) is 0 Å². The first-order chi connectivity index (χ1) is 8.58. The van der Waals surface area contributed by atoms with Gasteiger partial charge in [-0.25, -0.2) is 4.39 Å². The third-order valence-electron chi connectivity index (χ3n) is 2.48. The molecule has 0 radical (unpaired) electrons. The van der Waals surface area contributed by atoms with Gasteiger partial charge in [0.05, 0.1) is 16.3 Å². The van der Waals surface area contributed by atoms with Crippen LogP contribution in [0.2, 0.25) is 0 Å². The molecule has 1 aromatic carbocycles. The number of aromatic nitrogens is 1. The molecule has 2 aromatic rings. The standard InChI is InChI=1S/C13H12BrFN2S/c1-8-4-3-5-12(13(8)15)18-17-11-6-10(14)7-16-9(11)2/h3-7,17H,1-2H3. The van der Waals surface area contributed by atoms with Crippen molar-refractivity contribution >= 4 is 33.6 Å². The number of nitrogens with one attached hydrogen (secondary N) is 1. The SMILES string of the molecule is Cc1cccc(SNc2cc(Br)cnc2C)c1F. The van der Waals surface area contributed by atoms with E-state index in [2.05, 4.69) is 25.6 Å². The molecule has 0 aliphatic heterocycles. The highest BCUT2D eigenvalue weighted by molar-refractivity contribution is 9.10.